The Morgan fingerprint density at radius 1 is 1.67 bits per heavy atom. The van der Waals surface area contributed by atoms with Gasteiger partial charge in [-0.3, -0.25) is 0 Å². The van der Waals surface area contributed by atoms with Crippen LogP contribution in [0.1, 0.15) is 12.8 Å². The molecule has 0 spiro atoms. The summed E-state index contributed by atoms with van der Waals surface area (Å²) in [4.78, 5) is 17.4. The number of rotatable bonds is 3. The molecular formula is C9H18N4O2. The molecule has 0 bridgehead atoms. The molecular weight excluding hydrogens is 196 g/mol. The molecule has 1 aliphatic rings. The third-order valence-electron chi connectivity index (χ3n) is 2.46. The average molecular weight is 214 g/mol. The molecule has 1 aliphatic heterocycles. The van der Waals surface area contributed by atoms with Gasteiger partial charge in [0.2, 0.25) is 0 Å². The van der Waals surface area contributed by atoms with Gasteiger partial charge < -0.3 is 21.2 Å². The highest BCUT2D eigenvalue weighted by Gasteiger charge is 2.20. The molecule has 15 heavy (non-hydrogen) atoms. The first-order valence-corrected chi connectivity index (χ1v) is 5.05. The van der Waals surface area contributed by atoms with Crippen LogP contribution in [-0.2, 0) is 9.63 Å². The van der Waals surface area contributed by atoms with Crippen LogP contribution in [0.15, 0.2) is 5.16 Å². The summed E-state index contributed by atoms with van der Waals surface area (Å²) in [6, 6.07) is 0. The maximum atomic E-state index is 10.7. The Morgan fingerprint density at radius 2 is 2.40 bits per heavy atom. The fourth-order valence-electron chi connectivity index (χ4n) is 1.62. The first-order chi connectivity index (χ1) is 7.13. The quantitative estimate of drug-likeness (QED) is 0.275. The van der Waals surface area contributed by atoms with Crippen molar-refractivity contribution in [2.45, 2.75) is 12.8 Å². The number of hydrogen-bond donors (Lipinski definition) is 2. The van der Waals surface area contributed by atoms with Crippen molar-refractivity contribution in [2.75, 3.05) is 26.7 Å². The van der Waals surface area contributed by atoms with Crippen LogP contribution >= 0.6 is 0 Å². The molecule has 1 rings (SSSR count). The molecule has 0 aromatic heterocycles. The highest BCUT2D eigenvalue weighted by atomic mass is 16.7. The zero-order valence-corrected chi connectivity index (χ0v) is 8.98. The molecule has 0 saturated carbocycles. The van der Waals surface area contributed by atoms with Gasteiger partial charge in [-0.2, -0.15) is 0 Å². The Labute approximate surface area is 89.2 Å². The number of nitrogens with zero attached hydrogens (tertiary/aromatic N) is 2. The van der Waals surface area contributed by atoms with Crippen molar-refractivity contribution in [1.29, 1.82) is 0 Å². The second kappa shape index (κ2) is 5.67. The van der Waals surface area contributed by atoms with Crippen molar-refractivity contribution in [2.24, 2.45) is 22.5 Å². The Hall–Kier alpha value is -1.14. The number of carbonyl (C=O) groups excluding carboxylic acids is 1. The third-order valence-corrected chi connectivity index (χ3v) is 2.46. The summed E-state index contributed by atoms with van der Waals surface area (Å²) < 4.78 is 0. The second-order valence-electron chi connectivity index (χ2n) is 3.78. The molecule has 0 aromatic carbocycles. The zero-order valence-electron chi connectivity index (χ0n) is 8.98. The molecule has 0 radical (unpaired) electrons. The summed E-state index contributed by atoms with van der Waals surface area (Å²) >= 11 is 0. The molecule has 1 unspecified atom stereocenters. The van der Waals surface area contributed by atoms with Crippen molar-refractivity contribution in [3.05, 3.63) is 0 Å². The summed E-state index contributed by atoms with van der Waals surface area (Å²) in [5.74, 6) is -0.0141. The summed E-state index contributed by atoms with van der Waals surface area (Å²) in [5.41, 5.74) is 10.8. The predicted molar refractivity (Wildman–Crippen MR) is 57.0 cm³/mol. The fourth-order valence-corrected chi connectivity index (χ4v) is 1.62. The highest BCUT2D eigenvalue weighted by Crippen LogP contribution is 2.14. The molecule has 1 saturated heterocycles. The van der Waals surface area contributed by atoms with Crippen molar-refractivity contribution in [1.82, 2.24) is 4.90 Å². The van der Waals surface area contributed by atoms with Gasteiger partial charge in [0.25, 0.3) is 0 Å². The Kier molecular flexibility index (Phi) is 4.51. The first-order valence-electron chi connectivity index (χ1n) is 5.05. The van der Waals surface area contributed by atoms with E-state index < -0.39 is 5.97 Å². The van der Waals surface area contributed by atoms with Gasteiger partial charge >= 0.3 is 5.97 Å². The molecule has 0 aliphatic carbocycles. The van der Waals surface area contributed by atoms with Crippen LogP contribution in [0.4, 0.5) is 0 Å². The van der Waals surface area contributed by atoms with Crippen LogP contribution in [0.3, 0.4) is 0 Å². The largest absolute Gasteiger partial charge is 0.384 e. The van der Waals surface area contributed by atoms with Crippen LogP contribution in [0.2, 0.25) is 0 Å². The van der Waals surface area contributed by atoms with E-state index in [0.29, 0.717) is 5.84 Å². The molecule has 4 N–H and O–H groups in total. The van der Waals surface area contributed by atoms with Crippen molar-refractivity contribution in [3.8, 4) is 0 Å². The van der Waals surface area contributed by atoms with Crippen LogP contribution in [0.5, 0.6) is 0 Å². The van der Waals surface area contributed by atoms with Crippen LogP contribution in [-0.4, -0.2) is 43.4 Å². The lowest BCUT2D eigenvalue weighted by Crippen LogP contribution is -2.39. The monoisotopic (exact) mass is 214 g/mol. The van der Waals surface area contributed by atoms with Crippen LogP contribution in [0, 0.1) is 5.92 Å². The Balaban J connectivity index is 2.44. The zero-order chi connectivity index (χ0) is 11.3. The summed E-state index contributed by atoms with van der Waals surface area (Å²) in [7, 11) is 2.03. The second-order valence-corrected chi connectivity index (χ2v) is 3.78. The van der Waals surface area contributed by atoms with Gasteiger partial charge in [-0.15, -0.1) is 0 Å². The predicted octanol–water partition coefficient (Wildman–Crippen LogP) is -0.898. The van der Waals surface area contributed by atoms with E-state index in [1.165, 1.54) is 0 Å². The number of carbonyl (C=O) groups is 1. The van der Waals surface area contributed by atoms with Gasteiger partial charge in [0.1, 0.15) is 5.84 Å². The molecule has 0 aromatic rings. The van der Waals surface area contributed by atoms with E-state index in [1.807, 2.05) is 7.05 Å². The van der Waals surface area contributed by atoms with Gasteiger partial charge in [-0.1, -0.05) is 5.16 Å². The molecule has 86 valence electrons. The van der Waals surface area contributed by atoms with Gasteiger partial charge in [0.05, 0.1) is 6.54 Å². The standard InChI is InChI=1S/C9H18N4O2/c1-13-4-2-3-7(6-13)9(11)12-15-8(14)5-10/h7H,2-6,10H2,1H3,(H2,11,12). The minimum atomic E-state index is -0.567. The molecule has 0 amide bonds. The molecule has 1 fully saturated rings. The fraction of sp³-hybridized carbons (Fsp3) is 0.778. The number of piperidine rings is 1. The minimum absolute atomic E-state index is 0.175. The van der Waals surface area contributed by atoms with E-state index in [0.717, 1.165) is 25.9 Å². The Morgan fingerprint density at radius 3 is 3.00 bits per heavy atom. The van der Waals surface area contributed by atoms with E-state index in [4.69, 9.17) is 11.5 Å². The molecule has 6 heteroatoms. The van der Waals surface area contributed by atoms with Crippen LogP contribution < -0.4 is 11.5 Å². The average Bonchev–Trinajstić information content (AvgIpc) is 2.25. The summed E-state index contributed by atoms with van der Waals surface area (Å²) in [6.45, 7) is 1.75. The number of likely N-dealkylation sites (tertiary alicyclic amines) is 1. The maximum absolute atomic E-state index is 10.7. The topological polar surface area (TPSA) is 93.9 Å². The Bertz CT molecular complexity index is 254. The SMILES string of the molecule is CN1CCCC(/C(N)=N\OC(=O)CN)C1. The lowest BCUT2D eigenvalue weighted by molar-refractivity contribution is -0.141. The maximum Gasteiger partial charge on any atom is 0.348 e. The van der Waals surface area contributed by atoms with E-state index in [9.17, 15) is 4.79 Å². The molecule has 1 heterocycles. The number of oxime groups is 1. The van der Waals surface area contributed by atoms with Gasteiger partial charge in [0.15, 0.2) is 0 Å². The van der Waals surface area contributed by atoms with Crippen molar-refractivity contribution < 1.29 is 9.63 Å². The van der Waals surface area contributed by atoms with Crippen molar-refractivity contribution in [3.63, 3.8) is 0 Å². The summed E-state index contributed by atoms with van der Waals surface area (Å²) in [5, 5.41) is 3.59. The lowest BCUT2D eigenvalue weighted by atomic mass is 9.98. The minimum Gasteiger partial charge on any atom is -0.384 e. The highest BCUT2D eigenvalue weighted by molar-refractivity contribution is 5.83. The molecule has 6 nitrogen and oxygen atoms in total. The normalized spacial score (nSPS) is 23.9. The number of amidine groups is 1. The van der Waals surface area contributed by atoms with Gasteiger partial charge in [0, 0.05) is 12.5 Å². The molecule has 1 atom stereocenters. The van der Waals surface area contributed by atoms with E-state index in [1.54, 1.807) is 0 Å². The van der Waals surface area contributed by atoms with E-state index >= 15 is 0 Å². The van der Waals surface area contributed by atoms with Gasteiger partial charge in [-0.05, 0) is 26.4 Å². The smallest absolute Gasteiger partial charge is 0.348 e. The van der Waals surface area contributed by atoms with Crippen molar-refractivity contribution >= 4 is 11.8 Å². The third kappa shape index (κ3) is 3.85. The van der Waals surface area contributed by atoms with Gasteiger partial charge in [-0.25, -0.2) is 4.79 Å². The first kappa shape index (κ1) is 11.9. The number of hydrogen-bond acceptors (Lipinski definition) is 5. The van der Waals surface area contributed by atoms with E-state index in [-0.39, 0.29) is 12.5 Å². The summed E-state index contributed by atoms with van der Waals surface area (Å²) in [6.07, 6.45) is 2.07. The number of nitrogens with two attached hydrogens (primary N) is 2. The van der Waals surface area contributed by atoms with E-state index in [2.05, 4.69) is 14.9 Å². The van der Waals surface area contributed by atoms with Crippen LogP contribution in [0.25, 0.3) is 0 Å². The lowest BCUT2D eigenvalue weighted by Gasteiger charge is -2.28.